The summed E-state index contributed by atoms with van der Waals surface area (Å²) in [5.41, 5.74) is 0.634. The summed E-state index contributed by atoms with van der Waals surface area (Å²) in [5.74, 6) is -0.362. The van der Waals surface area contributed by atoms with Gasteiger partial charge in [0.25, 0.3) is 0 Å². The second kappa shape index (κ2) is 4.81. The number of carbonyl (C=O) groups is 1. The minimum Gasteiger partial charge on any atom is -0.395 e. The van der Waals surface area contributed by atoms with Crippen LogP contribution in [0.5, 0.6) is 0 Å². The lowest BCUT2D eigenvalue weighted by molar-refractivity contribution is -0.118. The number of hydrogen-bond acceptors (Lipinski definition) is 3. The van der Waals surface area contributed by atoms with Crippen LogP contribution in [-0.2, 0) is 4.79 Å². The fourth-order valence-corrected chi connectivity index (χ4v) is 1.95. The Kier molecular flexibility index (Phi) is 3.40. The molecule has 1 aliphatic rings. The molecule has 0 aliphatic carbocycles. The van der Waals surface area contributed by atoms with Gasteiger partial charge in [0.15, 0.2) is 0 Å². The normalized spacial score (nSPS) is 18.8. The summed E-state index contributed by atoms with van der Waals surface area (Å²) in [6, 6.07) is 5.64. The van der Waals surface area contributed by atoms with E-state index in [1.807, 2.05) is 6.92 Å². The highest BCUT2D eigenvalue weighted by molar-refractivity contribution is 5.94. The number of anilines is 1. The van der Waals surface area contributed by atoms with Crippen LogP contribution in [0.3, 0.4) is 0 Å². The SMILES string of the molecule is CC(CO)N1CCC(=O)N1c1ccc(F)cc1. The molecule has 1 heterocycles. The van der Waals surface area contributed by atoms with Crippen LogP contribution in [0.25, 0.3) is 0 Å². The molecule has 1 N–H and O–H groups in total. The molecular formula is C12H15FN2O2. The molecule has 0 saturated carbocycles. The Morgan fingerprint density at radius 3 is 2.65 bits per heavy atom. The summed E-state index contributed by atoms with van der Waals surface area (Å²) in [5, 5.41) is 12.5. The Labute approximate surface area is 99.2 Å². The molecule has 1 saturated heterocycles. The van der Waals surface area contributed by atoms with Crippen molar-refractivity contribution < 1.29 is 14.3 Å². The van der Waals surface area contributed by atoms with Crippen molar-refractivity contribution in [1.82, 2.24) is 5.01 Å². The highest BCUT2D eigenvalue weighted by atomic mass is 19.1. The van der Waals surface area contributed by atoms with Crippen LogP contribution >= 0.6 is 0 Å². The minimum atomic E-state index is -0.331. The molecule has 1 aliphatic heterocycles. The van der Waals surface area contributed by atoms with Gasteiger partial charge >= 0.3 is 0 Å². The third kappa shape index (κ3) is 2.30. The number of benzene rings is 1. The molecule has 4 nitrogen and oxygen atoms in total. The maximum Gasteiger partial charge on any atom is 0.242 e. The molecule has 0 bridgehead atoms. The molecule has 1 fully saturated rings. The van der Waals surface area contributed by atoms with Crippen molar-refractivity contribution in [2.24, 2.45) is 0 Å². The first kappa shape index (κ1) is 12.0. The van der Waals surface area contributed by atoms with Gasteiger partial charge in [-0.25, -0.2) is 14.4 Å². The molecule has 0 radical (unpaired) electrons. The summed E-state index contributed by atoms with van der Waals surface area (Å²) in [4.78, 5) is 11.8. The van der Waals surface area contributed by atoms with E-state index in [0.717, 1.165) is 0 Å². The van der Waals surface area contributed by atoms with Crippen molar-refractivity contribution in [2.45, 2.75) is 19.4 Å². The molecule has 0 spiro atoms. The van der Waals surface area contributed by atoms with Gasteiger partial charge in [-0.3, -0.25) is 4.79 Å². The van der Waals surface area contributed by atoms with Gasteiger partial charge in [0.1, 0.15) is 5.82 Å². The second-order valence-electron chi connectivity index (χ2n) is 4.13. The first-order chi connectivity index (χ1) is 8.13. The number of nitrogens with zero attached hydrogens (tertiary/aromatic N) is 2. The van der Waals surface area contributed by atoms with Gasteiger partial charge < -0.3 is 5.11 Å². The quantitative estimate of drug-likeness (QED) is 0.859. The third-order valence-corrected chi connectivity index (χ3v) is 2.89. The number of amides is 1. The van der Waals surface area contributed by atoms with Crippen LogP contribution in [0.1, 0.15) is 13.3 Å². The minimum absolute atomic E-state index is 0.0228. The van der Waals surface area contributed by atoms with Crippen LogP contribution in [0.15, 0.2) is 24.3 Å². The largest absolute Gasteiger partial charge is 0.395 e. The van der Waals surface area contributed by atoms with E-state index >= 15 is 0 Å². The van der Waals surface area contributed by atoms with Crippen LogP contribution < -0.4 is 5.01 Å². The molecule has 1 unspecified atom stereocenters. The fraction of sp³-hybridized carbons (Fsp3) is 0.417. The average molecular weight is 238 g/mol. The Hall–Kier alpha value is -1.46. The number of hydrazine groups is 1. The van der Waals surface area contributed by atoms with Gasteiger partial charge in [-0.1, -0.05) is 0 Å². The first-order valence-corrected chi connectivity index (χ1v) is 5.59. The molecule has 17 heavy (non-hydrogen) atoms. The number of aliphatic hydroxyl groups is 1. The van der Waals surface area contributed by atoms with Crippen LogP contribution in [-0.4, -0.2) is 35.2 Å². The highest BCUT2D eigenvalue weighted by Crippen LogP contribution is 2.24. The highest BCUT2D eigenvalue weighted by Gasteiger charge is 2.33. The molecular weight excluding hydrogens is 223 g/mol. The molecule has 1 amide bonds. The van der Waals surface area contributed by atoms with Crippen molar-refractivity contribution in [3.8, 4) is 0 Å². The lowest BCUT2D eigenvalue weighted by atomic mass is 10.3. The van der Waals surface area contributed by atoms with Gasteiger partial charge in [-0.05, 0) is 31.2 Å². The summed E-state index contributed by atoms with van der Waals surface area (Å²) in [6.07, 6.45) is 0.418. The smallest absolute Gasteiger partial charge is 0.242 e. The topological polar surface area (TPSA) is 43.8 Å². The first-order valence-electron chi connectivity index (χ1n) is 5.59. The average Bonchev–Trinajstić information content (AvgIpc) is 2.71. The predicted molar refractivity (Wildman–Crippen MR) is 61.8 cm³/mol. The molecule has 5 heteroatoms. The van der Waals surface area contributed by atoms with Crippen LogP contribution in [0.2, 0.25) is 0 Å². The van der Waals surface area contributed by atoms with E-state index in [-0.39, 0.29) is 24.4 Å². The van der Waals surface area contributed by atoms with E-state index in [0.29, 0.717) is 18.7 Å². The van der Waals surface area contributed by atoms with Gasteiger partial charge in [0.2, 0.25) is 5.91 Å². The summed E-state index contributed by atoms with van der Waals surface area (Å²) < 4.78 is 12.8. The van der Waals surface area contributed by atoms with Crippen molar-refractivity contribution in [3.63, 3.8) is 0 Å². The van der Waals surface area contributed by atoms with Crippen LogP contribution in [0.4, 0.5) is 10.1 Å². The van der Waals surface area contributed by atoms with Crippen molar-refractivity contribution in [3.05, 3.63) is 30.1 Å². The Morgan fingerprint density at radius 2 is 2.06 bits per heavy atom. The van der Waals surface area contributed by atoms with E-state index in [9.17, 15) is 9.18 Å². The number of halogens is 1. The van der Waals surface area contributed by atoms with Gasteiger partial charge in [-0.15, -0.1) is 0 Å². The van der Waals surface area contributed by atoms with Gasteiger partial charge in [0.05, 0.1) is 18.3 Å². The Bertz CT molecular complexity index is 407. The zero-order valence-electron chi connectivity index (χ0n) is 9.64. The number of aliphatic hydroxyl groups excluding tert-OH is 1. The Morgan fingerprint density at radius 1 is 1.41 bits per heavy atom. The second-order valence-corrected chi connectivity index (χ2v) is 4.13. The van der Waals surface area contributed by atoms with E-state index in [4.69, 9.17) is 5.11 Å². The molecule has 0 aromatic heterocycles. The summed E-state index contributed by atoms with van der Waals surface area (Å²) in [7, 11) is 0. The Balaban J connectivity index is 2.27. The van der Waals surface area contributed by atoms with Crippen LogP contribution in [0, 0.1) is 5.82 Å². The molecule has 1 aromatic carbocycles. The molecule has 1 aromatic rings. The number of rotatable bonds is 3. The van der Waals surface area contributed by atoms with E-state index in [2.05, 4.69) is 0 Å². The predicted octanol–water partition coefficient (Wildman–Crippen LogP) is 1.16. The van der Waals surface area contributed by atoms with Crippen molar-refractivity contribution >= 4 is 11.6 Å². The molecule has 92 valence electrons. The van der Waals surface area contributed by atoms with Crippen molar-refractivity contribution in [2.75, 3.05) is 18.2 Å². The van der Waals surface area contributed by atoms with Gasteiger partial charge in [0, 0.05) is 13.0 Å². The number of carbonyl (C=O) groups excluding carboxylic acids is 1. The summed E-state index contributed by atoms with van der Waals surface area (Å²) in [6.45, 7) is 2.40. The molecule has 1 atom stereocenters. The van der Waals surface area contributed by atoms with Gasteiger partial charge in [-0.2, -0.15) is 0 Å². The van der Waals surface area contributed by atoms with E-state index in [1.165, 1.54) is 17.1 Å². The number of hydrogen-bond donors (Lipinski definition) is 1. The molecule has 2 rings (SSSR count). The monoisotopic (exact) mass is 238 g/mol. The zero-order chi connectivity index (χ0) is 12.4. The van der Waals surface area contributed by atoms with E-state index in [1.54, 1.807) is 17.1 Å². The maximum atomic E-state index is 12.8. The van der Waals surface area contributed by atoms with Crippen molar-refractivity contribution in [1.29, 1.82) is 0 Å². The zero-order valence-corrected chi connectivity index (χ0v) is 9.64. The lowest BCUT2D eigenvalue weighted by Gasteiger charge is -2.32. The summed E-state index contributed by atoms with van der Waals surface area (Å²) >= 11 is 0. The maximum absolute atomic E-state index is 12.8. The van der Waals surface area contributed by atoms with E-state index < -0.39 is 0 Å². The third-order valence-electron chi connectivity index (χ3n) is 2.89. The fourth-order valence-electron chi connectivity index (χ4n) is 1.95. The lowest BCUT2D eigenvalue weighted by Crippen LogP contribution is -2.46. The standard InChI is InChI=1S/C12H15FN2O2/c1-9(8-16)14-7-6-12(17)15(14)11-4-2-10(13)3-5-11/h2-5,9,16H,6-8H2,1H3.